The quantitative estimate of drug-likeness (QED) is 0.907. The van der Waals surface area contributed by atoms with Gasteiger partial charge in [0.05, 0.1) is 12.6 Å². The fourth-order valence-electron chi connectivity index (χ4n) is 2.97. The van der Waals surface area contributed by atoms with Gasteiger partial charge in [0.15, 0.2) is 0 Å². The van der Waals surface area contributed by atoms with Crippen molar-refractivity contribution in [2.75, 3.05) is 13.1 Å². The summed E-state index contributed by atoms with van der Waals surface area (Å²) in [6.45, 7) is 11.5. The number of likely N-dealkylation sites (tertiary alicyclic amines) is 1. The molecule has 1 unspecified atom stereocenters. The average molecular weight is 266 g/mol. The minimum Gasteiger partial charge on any atom is -0.393 e. The van der Waals surface area contributed by atoms with Crippen molar-refractivity contribution < 1.29 is 5.11 Å². The molecule has 0 aromatic carbocycles. The van der Waals surface area contributed by atoms with Gasteiger partial charge in [-0.3, -0.25) is 4.90 Å². The highest BCUT2D eigenvalue weighted by molar-refractivity contribution is 4.90. The van der Waals surface area contributed by atoms with Crippen molar-refractivity contribution in [2.45, 2.75) is 59.2 Å². The van der Waals surface area contributed by atoms with Crippen LogP contribution in [0.4, 0.5) is 0 Å². The van der Waals surface area contributed by atoms with E-state index >= 15 is 0 Å². The fraction of sp³-hybridized carbons (Fsp3) is 0.857. The molecule has 0 amide bonds. The molecule has 1 fully saturated rings. The Morgan fingerprint density at radius 1 is 1.47 bits per heavy atom. The molecule has 5 nitrogen and oxygen atoms in total. The predicted octanol–water partition coefficient (Wildman–Crippen LogP) is 1.84. The molecule has 19 heavy (non-hydrogen) atoms. The zero-order chi connectivity index (χ0) is 14.0. The van der Waals surface area contributed by atoms with Crippen LogP contribution in [-0.4, -0.2) is 44.0 Å². The summed E-state index contributed by atoms with van der Waals surface area (Å²) in [5.74, 6) is 1.02. The van der Waals surface area contributed by atoms with Crippen LogP contribution < -0.4 is 0 Å². The van der Waals surface area contributed by atoms with Crippen molar-refractivity contribution in [1.82, 2.24) is 19.7 Å². The molecule has 0 radical (unpaired) electrons. The largest absolute Gasteiger partial charge is 0.393 e. The van der Waals surface area contributed by atoms with Crippen LogP contribution in [0.2, 0.25) is 0 Å². The van der Waals surface area contributed by atoms with Gasteiger partial charge in [-0.15, -0.1) is 10.2 Å². The standard InChI is InChI=1S/C14H26N4O/c1-11(2)18-10-15-16-13(18)8-17-6-5-12(19)7-14(3,4)9-17/h10-12,19H,5-9H2,1-4H3. The molecule has 2 rings (SSSR count). The first-order valence-electron chi connectivity index (χ1n) is 7.16. The van der Waals surface area contributed by atoms with Gasteiger partial charge in [-0.25, -0.2) is 0 Å². The Labute approximate surface area is 115 Å². The molecule has 2 heterocycles. The van der Waals surface area contributed by atoms with Crippen LogP contribution in [-0.2, 0) is 6.54 Å². The Morgan fingerprint density at radius 3 is 2.89 bits per heavy atom. The smallest absolute Gasteiger partial charge is 0.147 e. The summed E-state index contributed by atoms with van der Waals surface area (Å²) in [6.07, 6.45) is 3.35. The van der Waals surface area contributed by atoms with Crippen LogP contribution in [0, 0.1) is 5.41 Å². The minimum atomic E-state index is -0.178. The van der Waals surface area contributed by atoms with Gasteiger partial charge in [0.2, 0.25) is 0 Å². The van der Waals surface area contributed by atoms with E-state index in [4.69, 9.17) is 0 Å². The maximum absolute atomic E-state index is 9.95. The Balaban J connectivity index is 2.07. The lowest BCUT2D eigenvalue weighted by molar-refractivity contribution is 0.121. The maximum atomic E-state index is 9.95. The highest BCUT2D eigenvalue weighted by atomic mass is 16.3. The monoisotopic (exact) mass is 266 g/mol. The van der Waals surface area contributed by atoms with Gasteiger partial charge >= 0.3 is 0 Å². The highest BCUT2D eigenvalue weighted by Gasteiger charge is 2.29. The zero-order valence-corrected chi connectivity index (χ0v) is 12.5. The van der Waals surface area contributed by atoms with Crippen LogP contribution in [0.5, 0.6) is 0 Å². The van der Waals surface area contributed by atoms with E-state index < -0.39 is 0 Å². The maximum Gasteiger partial charge on any atom is 0.147 e. The van der Waals surface area contributed by atoms with Crippen LogP contribution in [0.25, 0.3) is 0 Å². The first kappa shape index (κ1) is 14.5. The topological polar surface area (TPSA) is 54.2 Å². The Hall–Kier alpha value is -0.940. The lowest BCUT2D eigenvalue weighted by Gasteiger charge is -2.29. The van der Waals surface area contributed by atoms with Crippen molar-refractivity contribution in [1.29, 1.82) is 0 Å². The molecule has 0 aliphatic carbocycles. The molecular formula is C14H26N4O. The minimum absolute atomic E-state index is 0.151. The van der Waals surface area contributed by atoms with Gasteiger partial charge in [0.25, 0.3) is 0 Å². The molecule has 108 valence electrons. The number of hydrogen-bond acceptors (Lipinski definition) is 4. The van der Waals surface area contributed by atoms with Crippen molar-refractivity contribution >= 4 is 0 Å². The van der Waals surface area contributed by atoms with Gasteiger partial charge < -0.3 is 9.67 Å². The third kappa shape index (κ3) is 3.76. The number of nitrogens with zero attached hydrogens (tertiary/aromatic N) is 4. The van der Waals surface area contributed by atoms with E-state index in [1.807, 2.05) is 0 Å². The van der Waals surface area contributed by atoms with Crippen molar-refractivity contribution in [3.05, 3.63) is 12.2 Å². The summed E-state index contributed by atoms with van der Waals surface area (Å²) >= 11 is 0. The third-order valence-electron chi connectivity index (χ3n) is 3.79. The molecule has 1 saturated heterocycles. The number of aromatic nitrogens is 3. The van der Waals surface area contributed by atoms with E-state index in [0.29, 0.717) is 6.04 Å². The first-order chi connectivity index (χ1) is 8.87. The molecule has 5 heteroatoms. The number of rotatable bonds is 3. The fourth-order valence-corrected chi connectivity index (χ4v) is 2.97. The van der Waals surface area contributed by atoms with Crippen LogP contribution >= 0.6 is 0 Å². The summed E-state index contributed by atoms with van der Waals surface area (Å²) in [7, 11) is 0. The molecule has 0 saturated carbocycles. The normalized spacial score (nSPS) is 24.6. The molecule has 1 N–H and O–H groups in total. The lowest BCUT2D eigenvalue weighted by Crippen LogP contribution is -2.33. The van der Waals surface area contributed by atoms with E-state index in [0.717, 1.165) is 38.3 Å². The first-order valence-corrected chi connectivity index (χ1v) is 7.16. The summed E-state index contributed by atoms with van der Waals surface area (Å²) < 4.78 is 2.12. The van der Waals surface area contributed by atoms with Crippen molar-refractivity contribution in [3.8, 4) is 0 Å². The highest BCUT2D eigenvalue weighted by Crippen LogP contribution is 2.29. The summed E-state index contributed by atoms with van der Waals surface area (Å²) in [4.78, 5) is 2.39. The van der Waals surface area contributed by atoms with Crippen molar-refractivity contribution in [2.24, 2.45) is 5.41 Å². The lowest BCUT2D eigenvalue weighted by atomic mass is 9.87. The van der Waals surface area contributed by atoms with Crippen LogP contribution in [0.1, 0.15) is 52.4 Å². The molecule has 1 aromatic heterocycles. The molecular weight excluding hydrogens is 240 g/mol. The average Bonchev–Trinajstić information content (AvgIpc) is 2.67. The predicted molar refractivity (Wildman–Crippen MR) is 74.7 cm³/mol. The van der Waals surface area contributed by atoms with Gasteiger partial charge in [-0.1, -0.05) is 13.8 Å². The molecule has 1 atom stereocenters. The second-order valence-electron chi connectivity index (χ2n) is 6.77. The Bertz CT molecular complexity index is 413. The van der Waals surface area contributed by atoms with Gasteiger partial charge in [-0.2, -0.15) is 0 Å². The second kappa shape index (κ2) is 5.59. The molecule has 1 aliphatic rings. The Morgan fingerprint density at radius 2 is 2.21 bits per heavy atom. The SMILES string of the molecule is CC(C)n1cnnc1CN1CCC(O)CC(C)(C)C1. The third-order valence-corrected chi connectivity index (χ3v) is 3.79. The number of aliphatic hydroxyl groups excluding tert-OH is 1. The van der Waals surface area contributed by atoms with E-state index in [2.05, 4.69) is 47.4 Å². The molecule has 1 aromatic rings. The van der Waals surface area contributed by atoms with Gasteiger partial charge in [0, 0.05) is 19.1 Å². The van der Waals surface area contributed by atoms with Crippen molar-refractivity contribution in [3.63, 3.8) is 0 Å². The molecule has 0 spiro atoms. The zero-order valence-electron chi connectivity index (χ0n) is 12.5. The van der Waals surface area contributed by atoms with Crippen LogP contribution in [0.15, 0.2) is 6.33 Å². The Kier molecular flexibility index (Phi) is 4.26. The summed E-state index contributed by atoms with van der Waals surface area (Å²) in [6, 6.07) is 0.385. The summed E-state index contributed by atoms with van der Waals surface area (Å²) in [5, 5.41) is 18.2. The summed E-state index contributed by atoms with van der Waals surface area (Å²) in [5.41, 5.74) is 0.151. The molecule has 0 bridgehead atoms. The van der Waals surface area contributed by atoms with E-state index in [1.54, 1.807) is 6.33 Å². The van der Waals surface area contributed by atoms with Crippen LogP contribution in [0.3, 0.4) is 0 Å². The van der Waals surface area contributed by atoms with Gasteiger partial charge in [-0.05, 0) is 32.1 Å². The van der Waals surface area contributed by atoms with E-state index in [9.17, 15) is 5.11 Å². The number of aliphatic hydroxyl groups is 1. The molecule has 1 aliphatic heterocycles. The van der Waals surface area contributed by atoms with Gasteiger partial charge in [0.1, 0.15) is 12.2 Å². The second-order valence-corrected chi connectivity index (χ2v) is 6.77. The van der Waals surface area contributed by atoms with E-state index in [1.165, 1.54) is 0 Å². The number of hydrogen-bond donors (Lipinski definition) is 1. The van der Waals surface area contributed by atoms with E-state index in [-0.39, 0.29) is 11.5 Å².